The summed E-state index contributed by atoms with van der Waals surface area (Å²) in [5, 5.41) is 2.80. The summed E-state index contributed by atoms with van der Waals surface area (Å²) in [5.74, 6) is 1.50. The molecular formula is C14H23NO4S. The van der Waals surface area contributed by atoms with E-state index in [9.17, 15) is 8.42 Å². The summed E-state index contributed by atoms with van der Waals surface area (Å²) < 4.78 is 33.7. The Hall–Kier alpha value is -1.27. The van der Waals surface area contributed by atoms with Crippen LogP contribution in [0.2, 0.25) is 0 Å². The number of sulfone groups is 1. The quantitative estimate of drug-likeness (QED) is 0.739. The lowest BCUT2D eigenvalue weighted by Crippen LogP contribution is -2.27. The molecule has 1 N–H and O–H groups in total. The highest BCUT2D eigenvalue weighted by Gasteiger charge is 2.14. The van der Waals surface area contributed by atoms with Gasteiger partial charge >= 0.3 is 0 Å². The van der Waals surface area contributed by atoms with Crippen molar-refractivity contribution in [1.82, 2.24) is 5.32 Å². The highest BCUT2D eigenvalue weighted by Crippen LogP contribution is 2.27. The first-order chi connectivity index (χ1) is 9.40. The van der Waals surface area contributed by atoms with Crippen molar-refractivity contribution in [1.29, 1.82) is 0 Å². The number of hydrogen-bond donors (Lipinski definition) is 1. The minimum Gasteiger partial charge on any atom is -0.493 e. The molecule has 0 spiro atoms. The van der Waals surface area contributed by atoms with E-state index in [-0.39, 0.29) is 11.0 Å². The molecule has 5 nitrogen and oxygen atoms in total. The van der Waals surface area contributed by atoms with Gasteiger partial charge in [0.2, 0.25) is 0 Å². The minimum atomic E-state index is -2.98. The second-order valence-corrected chi connectivity index (χ2v) is 7.46. The second-order valence-electron chi connectivity index (χ2n) is 4.78. The Balaban J connectivity index is 2.51. The molecule has 0 heterocycles. The number of methoxy groups -OCH3 is 2. The number of ether oxygens (including phenoxy) is 2. The monoisotopic (exact) mass is 301 g/mol. The molecule has 0 amide bonds. The van der Waals surface area contributed by atoms with E-state index in [1.807, 2.05) is 18.2 Å². The molecule has 0 aromatic heterocycles. The Bertz CT molecular complexity index is 526. The van der Waals surface area contributed by atoms with Gasteiger partial charge in [-0.1, -0.05) is 6.07 Å². The molecule has 1 aromatic carbocycles. The van der Waals surface area contributed by atoms with Crippen molar-refractivity contribution in [2.45, 2.75) is 25.6 Å². The standard InChI is InChI=1S/C14H23NO4S/c1-11(2)20(16,17)8-7-15-10-12-5-6-13(18-3)14(9-12)19-4/h5-6,9,11,15H,7-8,10H2,1-4H3. The van der Waals surface area contributed by atoms with Crippen LogP contribution in [0.5, 0.6) is 11.5 Å². The van der Waals surface area contributed by atoms with Crippen LogP contribution in [0.3, 0.4) is 0 Å². The van der Waals surface area contributed by atoms with Gasteiger partial charge < -0.3 is 14.8 Å². The van der Waals surface area contributed by atoms with E-state index in [0.29, 0.717) is 24.6 Å². The van der Waals surface area contributed by atoms with Crippen LogP contribution < -0.4 is 14.8 Å². The number of nitrogens with one attached hydrogen (secondary N) is 1. The van der Waals surface area contributed by atoms with Crippen molar-refractivity contribution in [2.24, 2.45) is 0 Å². The maximum absolute atomic E-state index is 11.6. The SMILES string of the molecule is COc1ccc(CNCCS(=O)(=O)C(C)C)cc1OC. The molecule has 0 fully saturated rings. The Labute approximate surface area is 121 Å². The third-order valence-electron chi connectivity index (χ3n) is 3.06. The molecule has 0 unspecified atom stereocenters. The van der Waals surface area contributed by atoms with Gasteiger partial charge in [0.1, 0.15) is 0 Å². The normalized spacial score (nSPS) is 11.7. The molecule has 0 atom stereocenters. The largest absolute Gasteiger partial charge is 0.493 e. The zero-order chi connectivity index (χ0) is 15.2. The van der Waals surface area contributed by atoms with Gasteiger partial charge in [-0.3, -0.25) is 0 Å². The Morgan fingerprint density at radius 2 is 1.80 bits per heavy atom. The fourth-order valence-electron chi connectivity index (χ4n) is 1.67. The number of hydrogen-bond acceptors (Lipinski definition) is 5. The molecule has 0 aliphatic carbocycles. The second kappa shape index (κ2) is 7.50. The molecular weight excluding hydrogens is 278 g/mol. The van der Waals surface area contributed by atoms with Gasteiger partial charge in [-0.2, -0.15) is 0 Å². The summed E-state index contributed by atoms with van der Waals surface area (Å²) in [5.41, 5.74) is 1.02. The van der Waals surface area contributed by atoms with Crippen LogP contribution in [-0.4, -0.2) is 40.2 Å². The highest BCUT2D eigenvalue weighted by atomic mass is 32.2. The summed E-state index contributed by atoms with van der Waals surface area (Å²) in [6.07, 6.45) is 0. The van der Waals surface area contributed by atoms with Gasteiger partial charge in [-0.05, 0) is 31.5 Å². The van der Waals surface area contributed by atoms with Crippen molar-refractivity contribution in [3.05, 3.63) is 23.8 Å². The first-order valence-corrected chi connectivity index (χ1v) is 8.25. The Morgan fingerprint density at radius 1 is 1.15 bits per heavy atom. The Morgan fingerprint density at radius 3 is 2.35 bits per heavy atom. The summed E-state index contributed by atoms with van der Waals surface area (Å²) in [6, 6.07) is 5.63. The van der Waals surface area contributed by atoms with Gasteiger partial charge in [0.15, 0.2) is 21.3 Å². The summed E-state index contributed by atoms with van der Waals surface area (Å²) in [6.45, 7) is 4.43. The predicted octanol–water partition coefficient (Wildman–Crippen LogP) is 1.62. The van der Waals surface area contributed by atoms with Crippen molar-refractivity contribution in [3.63, 3.8) is 0 Å². The lowest BCUT2D eigenvalue weighted by molar-refractivity contribution is 0.354. The first-order valence-electron chi connectivity index (χ1n) is 6.54. The maximum atomic E-state index is 11.6. The first kappa shape index (κ1) is 16.8. The molecule has 0 bridgehead atoms. The lowest BCUT2D eigenvalue weighted by atomic mass is 10.2. The average Bonchev–Trinajstić information content (AvgIpc) is 2.43. The van der Waals surface area contributed by atoms with E-state index in [4.69, 9.17) is 9.47 Å². The third-order valence-corrected chi connectivity index (χ3v) is 5.27. The van der Waals surface area contributed by atoms with E-state index in [0.717, 1.165) is 5.56 Å². The van der Waals surface area contributed by atoms with Gasteiger partial charge in [0, 0.05) is 13.1 Å². The van der Waals surface area contributed by atoms with Crippen molar-refractivity contribution in [2.75, 3.05) is 26.5 Å². The van der Waals surface area contributed by atoms with E-state index in [1.165, 1.54) is 0 Å². The summed E-state index contributed by atoms with van der Waals surface area (Å²) in [7, 11) is 0.194. The molecule has 0 saturated heterocycles. The number of benzene rings is 1. The highest BCUT2D eigenvalue weighted by molar-refractivity contribution is 7.92. The van der Waals surface area contributed by atoms with Gasteiger partial charge in [-0.25, -0.2) is 8.42 Å². The topological polar surface area (TPSA) is 64.6 Å². The van der Waals surface area contributed by atoms with Crippen molar-refractivity contribution >= 4 is 9.84 Å². The molecule has 0 radical (unpaired) electrons. The van der Waals surface area contributed by atoms with E-state index in [1.54, 1.807) is 28.1 Å². The minimum absolute atomic E-state index is 0.151. The zero-order valence-electron chi connectivity index (χ0n) is 12.5. The molecule has 1 rings (SSSR count). The van der Waals surface area contributed by atoms with Gasteiger partial charge in [0.05, 0.1) is 25.2 Å². The molecule has 20 heavy (non-hydrogen) atoms. The third kappa shape index (κ3) is 4.68. The average molecular weight is 301 g/mol. The van der Waals surface area contributed by atoms with Crippen LogP contribution in [0.1, 0.15) is 19.4 Å². The van der Waals surface area contributed by atoms with E-state index >= 15 is 0 Å². The van der Waals surface area contributed by atoms with Crippen LogP contribution in [0.4, 0.5) is 0 Å². The van der Waals surface area contributed by atoms with Crippen LogP contribution in [0, 0.1) is 0 Å². The van der Waals surface area contributed by atoms with E-state index in [2.05, 4.69) is 5.32 Å². The molecule has 0 aliphatic rings. The predicted molar refractivity (Wildman–Crippen MR) is 80.2 cm³/mol. The lowest BCUT2D eigenvalue weighted by Gasteiger charge is -2.11. The molecule has 114 valence electrons. The molecule has 0 saturated carbocycles. The fourth-order valence-corrected chi connectivity index (χ4v) is 2.57. The summed E-state index contributed by atoms with van der Waals surface area (Å²) >= 11 is 0. The smallest absolute Gasteiger partial charge is 0.161 e. The van der Waals surface area contributed by atoms with Gasteiger partial charge in [0.25, 0.3) is 0 Å². The van der Waals surface area contributed by atoms with Crippen LogP contribution >= 0.6 is 0 Å². The molecule has 0 aliphatic heterocycles. The van der Waals surface area contributed by atoms with Crippen molar-refractivity contribution < 1.29 is 17.9 Å². The Kier molecular flexibility index (Phi) is 6.29. The maximum Gasteiger partial charge on any atom is 0.161 e. The van der Waals surface area contributed by atoms with Gasteiger partial charge in [-0.15, -0.1) is 0 Å². The number of rotatable bonds is 8. The van der Waals surface area contributed by atoms with Crippen molar-refractivity contribution in [3.8, 4) is 11.5 Å². The van der Waals surface area contributed by atoms with Crippen LogP contribution in [0.25, 0.3) is 0 Å². The van der Waals surface area contributed by atoms with Crippen LogP contribution in [-0.2, 0) is 16.4 Å². The fraction of sp³-hybridized carbons (Fsp3) is 0.571. The molecule has 1 aromatic rings. The zero-order valence-corrected chi connectivity index (χ0v) is 13.3. The molecule has 6 heteroatoms. The van der Waals surface area contributed by atoms with E-state index < -0.39 is 9.84 Å². The van der Waals surface area contributed by atoms with Crippen LogP contribution in [0.15, 0.2) is 18.2 Å². The summed E-state index contributed by atoms with van der Waals surface area (Å²) in [4.78, 5) is 0.